The van der Waals surface area contributed by atoms with Crippen LogP contribution in [0.3, 0.4) is 0 Å². The lowest BCUT2D eigenvalue weighted by Crippen LogP contribution is -2.71. The number of amides is 2. The van der Waals surface area contributed by atoms with Gasteiger partial charge < -0.3 is 19.7 Å². The molecule has 0 saturated carbocycles. The van der Waals surface area contributed by atoms with Crippen LogP contribution in [0.15, 0.2) is 16.6 Å². The van der Waals surface area contributed by atoms with Crippen molar-refractivity contribution in [2.45, 2.75) is 24.6 Å². The normalized spacial score (nSPS) is 22.0. The second-order valence-electron chi connectivity index (χ2n) is 7.93. The minimum atomic E-state index is -4.66. The average molecular weight is 482 g/mol. The number of urea groups is 1. The summed E-state index contributed by atoms with van der Waals surface area (Å²) in [5, 5.41) is 11.2. The van der Waals surface area contributed by atoms with E-state index in [1.807, 2.05) is 0 Å². The molecule has 0 unspecified atom stereocenters. The molecule has 0 aromatic heterocycles. The van der Waals surface area contributed by atoms with Crippen molar-refractivity contribution in [2.24, 2.45) is 5.92 Å². The number of hydroxylamine groups is 2. The lowest BCUT2D eigenvalue weighted by atomic mass is 9.88. The maximum atomic E-state index is 13.9. The van der Waals surface area contributed by atoms with E-state index in [9.17, 15) is 27.6 Å². The van der Waals surface area contributed by atoms with Crippen molar-refractivity contribution in [3.8, 4) is 5.75 Å². The highest BCUT2D eigenvalue weighted by Gasteiger charge is 2.53. The Bertz CT molecular complexity index is 810. The number of alkyl halides is 3. The number of benzene rings is 1. The molecule has 2 amide bonds. The third-order valence-electron chi connectivity index (χ3n) is 5.83. The molecule has 3 saturated heterocycles. The van der Waals surface area contributed by atoms with Gasteiger partial charge in [-0.3, -0.25) is 0 Å². The summed E-state index contributed by atoms with van der Waals surface area (Å²) in [5.74, 6) is -1.36. The van der Waals surface area contributed by atoms with E-state index in [2.05, 4.69) is 15.9 Å². The molecule has 0 bridgehead atoms. The number of hydrogen-bond donors (Lipinski definition) is 1. The van der Waals surface area contributed by atoms with Crippen LogP contribution in [0.5, 0.6) is 5.75 Å². The highest BCUT2D eigenvalue weighted by Crippen LogP contribution is 2.39. The number of ether oxygens (including phenoxy) is 1. The minimum absolute atomic E-state index is 0.0181. The molecule has 1 spiro atoms. The second-order valence-corrected chi connectivity index (χ2v) is 8.79. The molecule has 3 heterocycles. The Morgan fingerprint density at radius 2 is 1.97 bits per heavy atom. The number of rotatable bonds is 3. The summed E-state index contributed by atoms with van der Waals surface area (Å²) in [4.78, 5) is 15.8. The predicted molar refractivity (Wildman–Crippen MR) is 97.1 cm³/mol. The first-order chi connectivity index (χ1) is 13.6. The summed E-state index contributed by atoms with van der Waals surface area (Å²) in [7, 11) is 0. The smallest absolute Gasteiger partial charge is 0.417 e. The first-order valence-corrected chi connectivity index (χ1v) is 10.1. The van der Waals surface area contributed by atoms with E-state index in [1.54, 1.807) is 9.80 Å². The summed E-state index contributed by atoms with van der Waals surface area (Å²) < 4.78 is 57.3. The molecule has 0 aliphatic carbocycles. The molecule has 1 N–H and O–H groups in total. The van der Waals surface area contributed by atoms with Gasteiger partial charge in [0.1, 0.15) is 0 Å². The van der Waals surface area contributed by atoms with Gasteiger partial charge in [0.15, 0.2) is 11.6 Å². The zero-order valence-corrected chi connectivity index (χ0v) is 17.0. The predicted octanol–water partition coefficient (Wildman–Crippen LogP) is 3.58. The molecule has 0 atom stereocenters. The van der Waals surface area contributed by atoms with E-state index < -0.39 is 17.6 Å². The summed E-state index contributed by atoms with van der Waals surface area (Å²) in [5.41, 5.74) is -1.39. The minimum Gasteiger partial charge on any atom is -0.490 e. The number of halogens is 5. The van der Waals surface area contributed by atoms with Crippen LogP contribution in [0.1, 0.15) is 18.4 Å². The van der Waals surface area contributed by atoms with E-state index in [0.29, 0.717) is 38.8 Å². The topological polar surface area (TPSA) is 56.2 Å². The average Bonchev–Trinajstić information content (AvgIpc) is 2.95. The van der Waals surface area contributed by atoms with Gasteiger partial charge in [-0.25, -0.2) is 9.18 Å². The van der Waals surface area contributed by atoms with Crippen molar-refractivity contribution < 1.29 is 32.3 Å². The molecule has 160 valence electrons. The molecule has 3 fully saturated rings. The molecule has 29 heavy (non-hydrogen) atoms. The van der Waals surface area contributed by atoms with Crippen LogP contribution >= 0.6 is 15.9 Å². The van der Waals surface area contributed by atoms with Crippen LogP contribution in [-0.2, 0) is 6.18 Å². The first kappa shape index (κ1) is 20.7. The maximum Gasteiger partial charge on any atom is 0.417 e. The van der Waals surface area contributed by atoms with Crippen molar-refractivity contribution in [2.75, 3.05) is 39.3 Å². The third-order valence-corrected chi connectivity index (χ3v) is 6.49. The zero-order valence-electron chi connectivity index (χ0n) is 15.4. The van der Waals surface area contributed by atoms with Crippen molar-refractivity contribution in [3.05, 3.63) is 28.0 Å². The Kier molecular flexibility index (Phi) is 5.19. The molecular weight excluding hydrogens is 462 g/mol. The number of nitrogens with zero attached hydrogens (tertiary/aromatic N) is 3. The summed E-state index contributed by atoms with van der Waals surface area (Å²) in [6.07, 6.45) is -2.87. The van der Waals surface area contributed by atoms with Gasteiger partial charge in [-0.2, -0.15) is 18.2 Å². The van der Waals surface area contributed by atoms with Gasteiger partial charge in [-0.1, -0.05) is 15.9 Å². The van der Waals surface area contributed by atoms with Gasteiger partial charge in [0.2, 0.25) is 0 Å². The Morgan fingerprint density at radius 1 is 1.28 bits per heavy atom. The van der Waals surface area contributed by atoms with Gasteiger partial charge >= 0.3 is 12.2 Å². The highest BCUT2D eigenvalue weighted by molar-refractivity contribution is 9.10. The quantitative estimate of drug-likeness (QED) is 0.670. The first-order valence-electron chi connectivity index (χ1n) is 9.28. The Hall–Kier alpha value is -1.59. The monoisotopic (exact) mass is 481 g/mol. The van der Waals surface area contributed by atoms with Crippen LogP contribution in [-0.4, -0.2) is 71.0 Å². The summed E-state index contributed by atoms with van der Waals surface area (Å²) in [6.45, 7) is 2.62. The largest absolute Gasteiger partial charge is 0.490 e. The fourth-order valence-electron chi connectivity index (χ4n) is 4.14. The van der Waals surface area contributed by atoms with Crippen LogP contribution in [0, 0.1) is 11.7 Å². The fraction of sp³-hybridized carbons (Fsp3) is 0.611. The van der Waals surface area contributed by atoms with E-state index in [4.69, 9.17) is 4.74 Å². The number of hydrogen-bond acceptors (Lipinski definition) is 4. The van der Waals surface area contributed by atoms with E-state index >= 15 is 0 Å². The van der Waals surface area contributed by atoms with Crippen LogP contribution in [0.4, 0.5) is 22.4 Å². The van der Waals surface area contributed by atoms with Crippen LogP contribution in [0.25, 0.3) is 0 Å². The summed E-state index contributed by atoms with van der Waals surface area (Å²) >= 11 is 2.80. The molecule has 3 aliphatic heterocycles. The molecular formula is C18H20BrF4N3O3. The molecule has 0 radical (unpaired) electrons. The van der Waals surface area contributed by atoms with Crippen molar-refractivity contribution in [1.29, 1.82) is 0 Å². The van der Waals surface area contributed by atoms with Crippen LogP contribution < -0.4 is 4.74 Å². The molecule has 1 aromatic rings. The number of carbonyl (C=O) groups excluding carboxylic acids is 1. The SMILES string of the molecule is O=C(N1CC(COc2cc(Br)c(C(F)(F)F)cc2F)C1)N1CC2(CCCN2O)C1. The van der Waals surface area contributed by atoms with Gasteiger partial charge in [-0.15, -0.1) is 0 Å². The Morgan fingerprint density at radius 3 is 2.55 bits per heavy atom. The lowest BCUT2D eigenvalue weighted by molar-refractivity contribution is -0.189. The third kappa shape index (κ3) is 3.79. The molecule has 1 aromatic carbocycles. The van der Waals surface area contributed by atoms with Gasteiger partial charge in [-0.05, 0) is 25.0 Å². The van der Waals surface area contributed by atoms with Gasteiger partial charge in [0.05, 0.1) is 17.7 Å². The maximum absolute atomic E-state index is 13.9. The standard InChI is InChI=1S/C18H20BrF4N3O3/c19-13-5-15(14(20)4-12(13)18(21,22)23)29-8-11-6-24(7-11)16(27)25-9-17(10-25)2-1-3-26(17)28/h4-5,11,28H,1-3,6-10H2. The highest BCUT2D eigenvalue weighted by atomic mass is 79.9. The van der Waals surface area contributed by atoms with Crippen molar-refractivity contribution in [3.63, 3.8) is 0 Å². The second kappa shape index (κ2) is 7.28. The summed E-state index contributed by atoms with van der Waals surface area (Å²) in [6, 6.07) is 1.28. The zero-order chi connectivity index (χ0) is 21.0. The van der Waals surface area contributed by atoms with Crippen molar-refractivity contribution >= 4 is 22.0 Å². The Balaban J connectivity index is 1.25. The van der Waals surface area contributed by atoms with E-state index in [0.717, 1.165) is 18.9 Å². The van der Waals surface area contributed by atoms with E-state index in [1.165, 1.54) is 5.06 Å². The fourth-order valence-corrected chi connectivity index (χ4v) is 4.69. The van der Waals surface area contributed by atoms with Crippen molar-refractivity contribution in [1.82, 2.24) is 14.9 Å². The molecule has 6 nitrogen and oxygen atoms in total. The molecule has 3 aliphatic rings. The number of likely N-dealkylation sites (tertiary alicyclic amines) is 2. The Labute approximate surface area is 173 Å². The number of carbonyl (C=O) groups is 1. The lowest BCUT2D eigenvalue weighted by Gasteiger charge is -2.53. The van der Waals surface area contributed by atoms with Gasteiger partial charge in [0, 0.05) is 43.1 Å². The van der Waals surface area contributed by atoms with E-state index in [-0.39, 0.29) is 34.3 Å². The van der Waals surface area contributed by atoms with Gasteiger partial charge in [0.25, 0.3) is 0 Å². The van der Waals surface area contributed by atoms with Crippen LogP contribution in [0.2, 0.25) is 0 Å². The molecule has 4 rings (SSSR count). The molecule has 11 heteroatoms.